The van der Waals surface area contributed by atoms with Crippen molar-refractivity contribution in [3.05, 3.63) is 0 Å². The maximum Gasteiger partial charge on any atom is 0.370 e. The average molecular weight is 285 g/mol. The number of carbonyl (C=O) groups is 1. The Morgan fingerprint density at radius 2 is 1.93 bits per heavy atom. The molecule has 0 fully saturated rings. The Hall–Kier alpha value is 0.490. The van der Waals surface area contributed by atoms with Crippen LogP contribution in [0, 0.1) is 0 Å². The second kappa shape index (κ2) is 5.01. The molecule has 0 aromatic heterocycles. The quantitative estimate of drug-likeness (QED) is 0.469. The maximum atomic E-state index is 10.8. The molecule has 9 heteroatoms. The molecule has 0 aliphatic carbocycles. The average Bonchev–Trinajstić information content (AvgIpc) is 1.95. The van der Waals surface area contributed by atoms with Crippen molar-refractivity contribution < 1.29 is 23.9 Å². The Labute approximate surface area is 95.4 Å². The molecule has 0 heterocycles. The van der Waals surface area contributed by atoms with E-state index in [9.17, 15) is 9.36 Å². The highest BCUT2D eigenvalue weighted by Gasteiger charge is 2.48. The lowest BCUT2D eigenvalue weighted by molar-refractivity contribution is -0.145. The molecule has 0 spiro atoms. The third kappa shape index (κ3) is 4.82. The fourth-order valence-corrected chi connectivity index (χ4v) is 2.45. The van der Waals surface area contributed by atoms with Crippen LogP contribution in [0.1, 0.15) is 13.3 Å². The molecule has 1 atom stereocenters. The maximum absolute atomic E-state index is 10.8. The van der Waals surface area contributed by atoms with Crippen molar-refractivity contribution in [2.75, 3.05) is 0 Å². The van der Waals surface area contributed by atoms with Crippen molar-refractivity contribution in [2.45, 2.75) is 23.0 Å². The molecule has 0 aromatic carbocycles. The smallest absolute Gasteiger partial charge is 0.370 e. The highest BCUT2D eigenvalue weighted by molar-refractivity contribution is 7.53. The molecule has 0 radical (unpaired) electrons. The zero-order valence-electron chi connectivity index (χ0n) is 6.98. The number of hydrogen-bond donors (Lipinski definition) is 2. The zero-order valence-corrected chi connectivity index (χ0v) is 10.1. The van der Waals surface area contributed by atoms with Crippen molar-refractivity contribution >= 4 is 48.4 Å². The Bertz CT molecular complexity index is 257. The Morgan fingerprint density at radius 3 is 2.14 bits per heavy atom. The van der Waals surface area contributed by atoms with Crippen LogP contribution in [0.2, 0.25) is 0 Å². The van der Waals surface area contributed by atoms with Crippen molar-refractivity contribution in [3.8, 4) is 0 Å². The van der Waals surface area contributed by atoms with Gasteiger partial charge in [0.05, 0.1) is 0 Å². The summed E-state index contributed by atoms with van der Waals surface area (Å²) in [6, 6.07) is 0. The van der Waals surface area contributed by atoms with E-state index in [0.29, 0.717) is 0 Å². The molecular formula is C5H8Cl3O5P. The molecule has 0 aliphatic rings. The van der Waals surface area contributed by atoms with E-state index in [2.05, 4.69) is 4.74 Å². The summed E-state index contributed by atoms with van der Waals surface area (Å²) >= 11 is 15.7. The molecule has 5 nitrogen and oxygen atoms in total. The van der Waals surface area contributed by atoms with Crippen LogP contribution < -0.4 is 0 Å². The first-order valence-electron chi connectivity index (χ1n) is 3.40. The van der Waals surface area contributed by atoms with Crippen molar-refractivity contribution in [3.63, 3.8) is 0 Å². The van der Waals surface area contributed by atoms with Gasteiger partial charge in [-0.05, 0) is 0 Å². The number of carbonyl (C=O) groups excluding carboxylic acids is 1. The van der Waals surface area contributed by atoms with E-state index in [-0.39, 0.29) is 6.42 Å². The Balaban J connectivity index is 4.77. The molecule has 14 heavy (non-hydrogen) atoms. The number of esters is 1. The van der Waals surface area contributed by atoms with Crippen LogP contribution in [0.4, 0.5) is 0 Å². The van der Waals surface area contributed by atoms with Crippen LogP contribution in [-0.2, 0) is 14.1 Å². The number of hydrogen-bond acceptors (Lipinski definition) is 3. The fourth-order valence-electron chi connectivity index (χ4n) is 0.534. The lowest BCUT2D eigenvalue weighted by atomic mass is 10.5. The van der Waals surface area contributed by atoms with Crippen molar-refractivity contribution in [1.82, 2.24) is 0 Å². The first-order valence-corrected chi connectivity index (χ1v) is 6.22. The van der Waals surface area contributed by atoms with Gasteiger partial charge in [-0.25, -0.2) is 0 Å². The first kappa shape index (κ1) is 14.5. The van der Waals surface area contributed by atoms with Crippen LogP contribution in [-0.4, -0.2) is 25.4 Å². The Kier molecular flexibility index (Phi) is 5.19. The molecule has 0 aromatic rings. The highest BCUT2D eigenvalue weighted by Crippen LogP contribution is 2.52. The van der Waals surface area contributed by atoms with Gasteiger partial charge in [0.1, 0.15) is 0 Å². The van der Waals surface area contributed by atoms with E-state index in [1.165, 1.54) is 6.92 Å². The van der Waals surface area contributed by atoms with Crippen LogP contribution in [0.15, 0.2) is 0 Å². The first-order chi connectivity index (χ1) is 6.09. The van der Waals surface area contributed by atoms with E-state index in [4.69, 9.17) is 44.6 Å². The van der Waals surface area contributed by atoms with Crippen LogP contribution >= 0.6 is 42.4 Å². The SMILES string of the molecule is CCC(=O)O[C@H](C(Cl)(Cl)Cl)P(=O)(O)O. The Morgan fingerprint density at radius 1 is 1.50 bits per heavy atom. The van der Waals surface area contributed by atoms with Crippen molar-refractivity contribution in [2.24, 2.45) is 0 Å². The largest absolute Gasteiger partial charge is 0.445 e. The predicted octanol–water partition coefficient (Wildman–Crippen LogP) is 1.81. The van der Waals surface area contributed by atoms with Gasteiger partial charge < -0.3 is 14.5 Å². The molecule has 84 valence electrons. The summed E-state index contributed by atoms with van der Waals surface area (Å²) in [5.74, 6) is -2.93. The van der Waals surface area contributed by atoms with E-state index < -0.39 is 23.2 Å². The molecule has 0 aliphatic heterocycles. The summed E-state index contributed by atoms with van der Waals surface area (Å²) in [5.41, 5.74) is 0. The van der Waals surface area contributed by atoms with Gasteiger partial charge in [0.15, 0.2) is 0 Å². The fraction of sp³-hybridized carbons (Fsp3) is 0.800. The molecule has 0 saturated carbocycles. The molecule has 0 unspecified atom stereocenters. The van der Waals surface area contributed by atoms with E-state index in [0.717, 1.165) is 0 Å². The number of alkyl halides is 3. The second-order valence-electron chi connectivity index (χ2n) is 2.33. The monoisotopic (exact) mass is 284 g/mol. The lowest BCUT2D eigenvalue weighted by Crippen LogP contribution is -2.31. The summed E-state index contributed by atoms with van der Waals surface area (Å²) < 4.78 is 12.8. The van der Waals surface area contributed by atoms with Gasteiger partial charge in [0, 0.05) is 6.42 Å². The molecule has 2 N–H and O–H groups in total. The third-order valence-corrected chi connectivity index (χ3v) is 3.27. The molecular weight excluding hydrogens is 277 g/mol. The minimum Gasteiger partial charge on any atom is -0.445 e. The van der Waals surface area contributed by atoms with E-state index in [1.54, 1.807) is 0 Å². The number of rotatable bonds is 3. The van der Waals surface area contributed by atoms with Crippen molar-refractivity contribution in [1.29, 1.82) is 0 Å². The van der Waals surface area contributed by atoms with E-state index in [1.807, 2.05) is 0 Å². The summed E-state index contributed by atoms with van der Waals surface area (Å²) in [5, 5.41) is 0. The molecule has 0 bridgehead atoms. The zero-order chi connectivity index (χ0) is 11.6. The van der Waals surface area contributed by atoms with Crippen LogP contribution in [0.5, 0.6) is 0 Å². The highest BCUT2D eigenvalue weighted by atomic mass is 35.6. The standard InChI is InChI=1S/C5H8Cl3O5P/c1-2-3(9)13-4(5(6,7)8)14(10,11)12/h4H,2H2,1H3,(H2,10,11,12)/t4-/m0/s1. The van der Waals surface area contributed by atoms with Gasteiger partial charge >= 0.3 is 13.6 Å². The molecule has 0 amide bonds. The summed E-state index contributed by atoms with van der Waals surface area (Å²) in [7, 11) is -4.80. The minimum absolute atomic E-state index is 0.0722. The van der Waals surface area contributed by atoms with Crippen LogP contribution in [0.25, 0.3) is 0 Å². The van der Waals surface area contributed by atoms with Gasteiger partial charge in [-0.1, -0.05) is 41.7 Å². The van der Waals surface area contributed by atoms with Crippen LogP contribution in [0.3, 0.4) is 0 Å². The lowest BCUT2D eigenvalue weighted by Gasteiger charge is -2.24. The number of ether oxygens (including phenoxy) is 1. The molecule has 0 rings (SSSR count). The van der Waals surface area contributed by atoms with E-state index >= 15 is 0 Å². The summed E-state index contributed by atoms with van der Waals surface area (Å²) in [6.45, 7) is 1.44. The topological polar surface area (TPSA) is 83.8 Å². The normalized spacial score (nSPS) is 15.0. The predicted molar refractivity (Wildman–Crippen MR) is 52.5 cm³/mol. The van der Waals surface area contributed by atoms with Gasteiger partial charge in [0.2, 0.25) is 9.64 Å². The molecule has 0 saturated heterocycles. The third-order valence-electron chi connectivity index (χ3n) is 1.12. The van der Waals surface area contributed by atoms with Gasteiger partial charge in [-0.2, -0.15) is 0 Å². The second-order valence-corrected chi connectivity index (χ2v) is 6.34. The summed E-state index contributed by atoms with van der Waals surface area (Å²) in [4.78, 5) is 28.3. The number of halogens is 3. The van der Waals surface area contributed by atoms with Gasteiger partial charge in [-0.15, -0.1) is 0 Å². The minimum atomic E-state index is -4.80. The van der Waals surface area contributed by atoms with Gasteiger partial charge in [0.25, 0.3) is 0 Å². The van der Waals surface area contributed by atoms with Gasteiger partial charge in [-0.3, -0.25) is 9.36 Å². The summed E-state index contributed by atoms with van der Waals surface area (Å²) in [6.07, 6.45) is -0.0722.